The smallest absolute Gasteiger partial charge is 0.296 e. The fourth-order valence-electron chi connectivity index (χ4n) is 2.46. The molecule has 0 aliphatic carbocycles. The molecule has 0 saturated carbocycles. The Morgan fingerprint density at radius 2 is 1.71 bits per heavy atom. The summed E-state index contributed by atoms with van der Waals surface area (Å²) in [4.78, 5) is 1.48. The van der Waals surface area contributed by atoms with Crippen molar-refractivity contribution >= 4 is 50.5 Å². The number of para-hydroxylation sites is 1. The molecule has 3 aromatic rings. The summed E-state index contributed by atoms with van der Waals surface area (Å²) < 4.78 is 33.2. The summed E-state index contributed by atoms with van der Waals surface area (Å²) in [5.74, 6) is 0.277. The van der Waals surface area contributed by atoms with Crippen LogP contribution in [0.3, 0.4) is 0 Å². The fraction of sp³-hybridized carbons (Fsp3) is 0.318. The van der Waals surface area contributed by atoms with E-state index in [4.69, 9.17) is 38.6 Å². The fourth-order valence-corrected chi connectivity index (χ4v) is 3.75. The summed E-state index contributed by atoms with van der Waals surface area (Å²) in [6.45, 7) is 5.92. The molecule has 0 saturated heterocycles. The molecule has 0 amide bonds. The number of likely N-dealkylation sites (N-methyl/N-ethyl adjacent to an activating group) is 1. The first kappa shape index (κ1) is 28.7. The summed E-state index contributed by atoms with van der Waals surface area (Å²) in [6, 6.07) is 11.4. The van der Waals surface area contributed by atoms with Crippen LogP contribution in [-0.2, 0) is 10.1 Å². The van der Waals surface area contributed by atoms with Crippen molar-refractivity contribution in [3.05, 3.63) is 58.2 Å². The number of aliphatic hydroxyl groups excluding tert-OH is 1. The number of aryl methyl sites for hydroxylation is 1. The third-order valence-electron chi connectivity index (χ3n) is 5.20. The van der Waals surface area contributed by atoms with E-state index in [-0.39, 0.29) is 33.7 Å². The van der Waals surface area contributed by atoms with Crippen molar-refractivity contribution < 1.29 is 18.1 Å². The van der Waals surface area contributed by atoms with Gasteiger partial charge >= 0.3 is 0 Å². The van der Waals surface area contributed by atoms with E-state index < -0.39 is 15.0 Å². The van der Waals surface area contributed by atoms with E-state index in [0.717, 1.165) is 11.8 Å². The van der Waals surface area contributed by atoms with Crippen LogP contribution in [0.5, 0.6) is 0 Å². The highest BCUT2D eigenvalue weighted by atomic mass is 35.5. The maximum Gasteiger partial charge on any atom is 0.296 e. The van der Waals surface area contributed by atoms with Crippen LogP contribution in [-0.4, -0.2) is 59.0 Å². The Labute approximate surface area is 214 Å². The molecule has 2 aromatic carbocycles. The number of aromatic nitrogens is 2. The minimum Gasteiger partial charge on any atom is -0.394 e. The molecule has 0 bridgehead atoms. The van der Waals surface area contributed by atoms with Crippen LogP contribution in [0.4, 0.5) is 17.2 Å². The molecular formula is C22H28Cl2N6O4S. The molecule has 0 radical (unpaired) electrons. The molecule has 1 aromatic heterocycles. The third kappa shape index (κ3) is 7.23. The molecule has 35 heavy (non-hydrogen) atoms. The normalized spacial score (nSPS) is 12.2. The number of nitrogens with zero attached hydrogens (tertiary/aromatic N) is 5. The monoisotopic (exact) mass is 542 g/mol. The summed E-state index contributed by atoms with van der Waals surface area (Å²) in [6.07, 6.45) is 0. The van der Waals surface area contributed by atoms with Crippen LogP contribution >= 0.6 is 23.2 Å². The van der Waals surface area contributed by atoms with E-state index in [1.54, 1.807) is 6.92 Å². The lowest BCUT2D eigenvalue weighted by Gasteiger charge is -2.29. The Kier molecular flexibility index (Phi) is 9.40. The van der Waals surface area contributed by atoms with Crippen molar-refractivity contribution in [1.29, 1.82) is 0 Å². The molecule has 0 unspecified atom stereocenters. The lowest BCUT2D eigenvalue weighted by molar-refractivity contribution is 0.100. The van der Waals surface area contributed by atoms with Crippen molar-refractivity contribution in [3.8, 4) is 5.69 Å². The number of hydrogen-bond acceptors (Lipinski definition) is 8. The number of anilines is 1. The molecule has 10 nitrogen and oxygen atoms in total. The molecule has 190 valence electrons. The van der Waals surface area contributed by atoms with Crippen LogP contribution in [0.2, 0.25) is 10.0 Å². The van der Waals surface area contributed by atoms with Gasteiger partial charge in [0, 0.05) is 5.54 Å². The Balaban J connectivity index is 0.000000466. The van der Waals surface area contributed by atoms with Gasteiger partial charge in [-0.05, 0) is 59.1 Å². The van der Waals surface area contributed by atoms with E-state index in [9.17, 15) is 8.42 Å². The second kappa shape index (κ2) is 11.5. The summed E-state index contributed by atoms with van der Waals surface area (Å²) in [5, 5.41) is 20.8. The number of nitrogen functional groups attached to an aromatic ring is 1. The molecule has 0 aliphatic rings. The standard InChI is InChI=1S/C16H13Cl2N5O3S.C6H15NO/c1-9-15(16(19)23(22-9)10-5-3-2-4-6-10)21-20-13-7-12(18)14(8-11(13)17)27(24,25)26;1-6(2,5-8)7(3)4/h2-8H,19H2,1H3,(H,24,25,26);8H,5H2,1-4H3. The molecule has 0 atom stereocenters. The van der Waals surface area contributed by atoms with E-state index >= 15 is 0 Å². The average molecular weight is 543 g/mol. The van der Waals surface area contributed by atoms with Gasteiger partial charge < -0.3 is 15.7 Å². The quantitative estimate of drug-likeness (QED) is 0.291. The lowest BCUT2D eigenvalue weighted by Crippen LogP contribution is -2.41. The summed E-state index contributed by atoms with van der Waals surface area (Å²) in [7, 11) is -0.593. The Morgan fingerprint density at radius 3 is 2.20 bits per heavy atom. The predicted octanol–water partition coefficient (Wildman–Crippen LogP) is 5.05. The first-order valence-electron chi connectivity index (χ1n) is 10.3. The third-order valence-corrected chi connectivity index (χ3v) is 6.82. The van der Waals surface area contributed by atoms with Gasteiger partial charge in [-0.25, -0.2) is 4.68 Å². The largest absolute Gasteiger partial charge is 0.394 e. The van der Waals surface area contributed by atoms with Gasteiger partial charge in [0.25, 0.3) is 10.1 Å². The number of hydrogen-bond donors (Lipinski definition) is 3. The van der Waals surface area contributed by atoms with Crippen molar-refractivity contribution in [3.63, 3.8) is 0 Å². The second-order valence-corrected chi connectivity index (χ2v) is 10.5. The number of halogens is 2. The first-order chi connectivity index (χ1) is 16.2. The van der Waals surface area contributed by atoms with Crippen LogP contribution < -0.4 is 5.73 Å². The first-order valence-corrected chi connectivity index (χ1v) is 12.5. The highest BCUT2D eigenvalue weighted by Gasteiger charge is 2.19. The number of nitrogens with two attached hydrogens (primary N) is 1. The zero-order chi connectivity index (χ0) is 26.6. The van der Waals surface area contributed by atoms with Crippen LogP contribution in [0.1, 0.15) is 19.5 Å². The molecule has 1 heterocycles. The molecule has 3 rings (SSSR count). The van der Waals surface area contributed by atoms with Gasteiger partial charge in [-0.15, -0.1) is 10.2 Å². The van der Waals surface area contributed by atoms with Gasteiger partial charge in [0.05, 0.1) is 28.0 Å². The summed E-state index contributed by atoms with van der Waals surface area (Å²) >= 11 is 11.9. The van der Waals surface area contributed by atoms with Crippen LogP contribution in [0, 0.1) is 6.92 Å². The highest BCUT2D eigenvalue weighted by molar-refractivity contribution is 7.86. The Morgan fingerprint density at radius 1 is 1.11 bits per heavy atom. The Hall–Kier alpha value is -2.54. The van der Waals surface area contributed by atoms with Gasteiger partial charge in [-0.1, -0.05) is 41.4 Å². The van der Waals surface area contributed by atoms with Gasteiger partial charge in [0.2, 0.25) is 0 Å². The van der Waals surface area contributed by atoms with Crippen LogP contribution in [0.25, 0.3) is 5.69 Å². The van der Waals surface area contributed by atoms with Crippen molar-refractivity contribution in [1.82, 2.24) is 14.7 Å². The number of rotatable bonds is 6. The zero-order valence-electron chi connectivity index (χ0n) is 19.9. The van der Waals surface area contributed by atoms with Gasteiger partial charge in [-0.3, -0.25) is 4.55 Å². The predicted molar refractivity (Wildman–Crippen MR) is 138 cm³/mol. The van der Waals surface area contributed by atoms with E-state index in [1.807, 2.05) is 63.2 Å². The number of benzene rings is 2. The number of aliphatic hydroxyl groups is 1. The molecule has 0 fully saturated rings. The molecule has 4 N–H and O–H groups in total. The van der Waals surface area contributed by atoms with Gasteiger partial charge in [0.15, 0.2) is 11.5 Å². The molecular weight excluding hydrogens is 515 g/mol. The molecule has 0 aliphatic heterocycles. The topological polar surface area (TPSA) is 146 Å². The lowest BCUT2D eigenvalue weighted by atomic mass is 10.1. The molecule has 13 heteroatoms. The van der Waals surface area contributed by atoms with E-state index in [0.29, 0.717) is 11.4 Å². The summed E-state index contributed by atoms with van der Waals surface area (Å²) in [5.41, 5.74) is 7.81. The Bertz CT molecular complexity index is 1310. The van der Waals surface area contributed by atoms with E-state index in [1.165, 1.54) is 10.7 Å². The average Bonchev–Trinajstić information content (AvgIpc) is 3.07. The maximum absolute atomic E-state index is 11.3. The van der Waals surface area contributed by atoms with Crippen molar-refractivity contribution in [2.75, 3.05) is 26.4 Å². The van der Waals surface area contributed by atoms with Crippen LogP contribution in [0.15, 0.2) is 57.6 Å². The minimum absolute atomic E-state index is 0.0533. The SMILES string of the molecule is CN(C)C(C)(C)CO.Cc1nn(-c2ccccc2)c(N)c1N=Nc1cc(Cl)c(S(=O)(=O)O)cc1Cl. The van der Waals surface area contributed by atoms with E-state index in [2.05, 4.69) is 15.3 Å². The molecule has 0 spiro atoms. The van der Waals surface area contributed by atoms with Gasteiger partial charge in [0.1, 0.15) is 10.6 Å². The maximum atomic E-state index is 11.3. The zero-order valence-corrected chi connectivity index (χ0v) is 22.3. The minimum atomic E-state index is -4.50. The van der Waals surface area contributed by atoms with Gasteiger partial charge in [-0.2, -0.15) is 13.5 Å². The van der Waals surface area contributed by atoms with Crippen molar-refractivity contribution in [2.45, 2.75) is 31.2 Å². The highest BCUT2D eigenvalue weighted by Crippen LogP contribution is 2.36. The van der Waals surface area contributed by atoms with Crippen molar-refractivity contribution in [2.24, 2.45) is 10.2 Å². The number of azo groups is 1. The second-order valence-electron chi connectivity index (χ2n) is 8.34.